The third kappa shape index (κ3) is 1.95. The summed E-state index contributed by atoms with van der Waals surface area (Å²) in [6.45, 7) is 20.6. The molecule has 2 rings (SSSR count). The van der Waals surface area contributed by atoms with E-state index in [0.717, 1.165) is 0 Å². The van der Waals surface area contributed by atoms with Crippen LogP contribution in [0.25, 0.3) is 0 Å². The lowest BCUT2D eigenvalue weighted by Gasteiger charge is -2.33. The van der Waals surface area contributed by atoms with Gasteiger partial charge in [-0.25, -0.2) is 0 Å². The van der Waals surface area contributed by atoms with Crippen molar-refractivity contribution in [2.45, 2.75) is 68.7 Å². The van der Waals surface area contributed by atoms with Gasteiger partial charge in [-0.3, -0.25) is 0 Å². The monoisotopic (exact) mass is 260 g/mol. The van der Waals surface area contributed by atoms with E-state index in [1.807, 2.05) is 0 Å². The maximum atomic E-state index is 4.05. The lowest BCUT2D eigenvalue weighted by atomic mass is 9.70. The molecule has 1 atom stereocenters. The zero-order valence-electron chi connectivity index (χ0n) is 13.2. The van der Waals surface area contributed by atoms with Gasteiger partial charge in [0.05, 0.1) is 0 Å². The SMILES string of the molecule is C.C=CC1=C(C)C2(CC(C)(C)C(C)=C2C)CC1(C)C. The van der Waals surface area contributed by atoms with Crippen LogP contribution in [0.1, 0.15) is 68.7 Å². The molecular formula is C19H32. The van der Waals surface area contributed by atoms with E-state index in [1.165, 1.54) is 18.4 Å². The molecule has 0 radical (unpaired) electrons. The minimum Gasteiger partial charge on any atom is -0.0988 e. The largest absolute Gasteiger partial charge is 0.0988 e. The molecule has 0 aromatic rings. The molecule has 1 spiro atoms. The van der Waals surface area contributed by atoms with Crippen LogP contribution < -0.4 is 0 Å². The van der Waals surface area contributed by atoms with Crippen molar-refractivity contribution in [2.24, 2.45) is 16.2 Å². The van der Waals surface area contributed by atoms with Crippen molar-refractivity contribution >= 4 is 0 Å². The molecule has 1 unspecified atom stereocenters. The normalized spacial score (nSPS) is 31.9. The summed E-state index contributed by atoms with van der Waals surface area (Å²) in [5.74, 6) is 0. The second-order valence-corrected chi connectivity index (χ2v) is 7.70. The highest BCUT2D eigenvalue weighted by Gasteiger charge is 2.54. The summed E-state index contributed by atoms with van der Waals surface area (Å²) >= 11 is 0. The van der Waals surface area contributed by atoms with Gasteiger partial charge in [-0.05, 0) is 50.0 Å². The molecule has 0 bridgehead atoms. The summed E-state index contributed by atoms with van der Waals surface area (Å²) in [4.78, 5) is 0. The third-order valence-corrected chi connectivity index (χ3v) is 5.84. The van der Waals surface area contributed by atoms with Crippen LogP contribution in [0.3, 0.4) is 0 Å². The second kappa shape index (κ2) is 4.36. The van der Waals surface area contributed by atoms with Crippen LogP contribution in [0, 0.1) is 16.2 Å². The Balaban J connectivity index is 0.00000180. The molecule has 0 N–H and O–H groups in total. The van der Waals surface area contributed by atoms with Crippen molar-refractivity contribution < 1.29 is 0 Å². The molecule has 2 aliphatic carbocycles. The first-order valence-electron chi connectivity index (χ1n) is 7.11. The van der Waals surface area contributed by atoms with Crippen molar-refractivity contribution in [1.82, 2.24) is 0 Å². The van der Waals surface area contributed by atoms with E-state index < -0.39 is 0 Å². The van der Waals surface area contributed by atoms with Crippen molar-refractivity contribution in [3.63, 3.8) is 0 Å². The number of hydrogen-bond acceptors (Lipinski definition) is 0. The summed E-state index contributed by atoms with van der Waals surface area (Å²) in [5, 5.41) is 0. The summed E-state index contributed by atoms with van der Waals surface area (Å²) in [5.41, 5.74) is 7.20. The first-order chi connectivity index (χ1) is 8.08. The van der Waals surface area contributed by atoms with Gasteiger partial charge in [0.15, 0.2) is 0 Å². The molecular weight excluding hydrogens is 228 g/mol. The minimum atomic E-state index is 0. The van der Waals surface area contributed by atoms with Crippen LogP contribution in [0.4, 0.5) is 0 Å². The fourth-order valence-corrected chi connectivity index (χ4v) is 4.67. The zero-order valence-corrected chi connectivity index (χ0v) is 13.2. The van der Waals surface area contributed by atoms with Crippen molar-refractivity contribution in [3.8, 4) is 0 Å². The molecule has 0 saturated carbocycles. The number of hydrogen-bond donors (Lipinski definition) is 0. The molecule has 0 heteroatoms. The highest BCUT2D eigenvalue weighted by molar-refractivity contribution is 5.49. The molecule has 2 aliphatic rings. The van der Waals surface area contributed by atoms with Crippen molar-refractivity contribution in [2.75, 3.05) is 0 Å². The van der Waals surface area contributed by atoms with Gasteiger partial charge >= 0.3 is 0 Å². The van der Waals surface area contributed by atoms with Crippen LogP contribution in [0.5, 0.6) is 0 Å². The molecule has 0 aliphatic heterocycles. The molecule has 0 nitrogen and oxygen atoms in total. The van der Waals surface area contributed by atoms with Gasteiger partial charge in [0.25, 0.3) is 0 Å². The molecule has 0 aromatic carbocycles. The van der Waals surface area contributed by atoms with E-state index in [-0.39, 0.29) is 12.8 Å². The first-order valence-corrected chi connectivity index (χ1v) is 7.11. The lowest BCUT2D eigenvalue weighted by molar-refractivity contribution is 0.258. The second-order valence-electron chi connectivity index (χ2n) is 7.70. The Bertz CT molecular complexity index is 468. The Morgan fingerprint density at radius 3 is 1.63 bits per heavy atom. The van der Waals surface area contributed by atoms with Gasteiger partial charge in [-0.2, -0.15) is 0 Å². The Morgan fingerprint density at radius 1 is 0.842 bits per heavy atom. The summed E-state index contributed by atoms with van der Waals surface area (Å²) in [6, 6.07) is 0. The van der Waals surface area contributed by atoms with Crippen molar-refractivity contribution in [3.05, 3.63) is 34.9 Å². The van der Waals surface area contributed by atoms with E-state index in [0.29, 0.717) is 10.8 Å². The maximum absolute atomic E-state index is 4.05. The van der Waals surface area contributed by atoms with E-state index >= 15 is 0 Å². The van der Waals surface area contributed by atoms with E-state index in [2.05, 4.69) is 61.1 Å². The average molecular weight is 260 g/mol. The first kappa shape index (κ1) is 16.3. The number of rotatable bonds is 1. The lowest BCUT2D eigenvalue weighted by Crippen LogP contribution is -2.23. The van der Waals surface area contributed by atoms with Gasteiger partial charge in [0, 0.05) is 5.41 Å². The topological polar surface area (TPSA) is 0 Å². The Morgan fingerprint density at radius 2 is 1.32 bits per heavy atom. The standard InChI is InChI=1S/C18H28.CH4/c1-9-15-14(4)18(11-17(15,7)8)10-16(5,6)12(2)13(18)3;/h9H,1,10-11H2,2-8H3;1H4. The minimum absolute atomic E-state index is 0. The highest BCUT2D eigenvalue weighted by Crippen LogP contribution is 2.65. The Kier molecular flexibility index (Phi) is 3.74. The Labute approximate surface area is 120 Å². The van der Waals surface area contributed by atoms with Crippen LogP contribution >= 0.6 is 0 Å². The van der Waals surface area contributed by atoms with Gasteiger partial charge in [0.2, 0.25) is 0 Å². The molecule has 0 saturated heterocycles. The fourth-order valence-electron chi connectivity index (χ4n) is 4.67. The molecule has 0 fully saturated rings. The van der Waals surface area contributed by atoms with E-state index in [4.69, 9.17) is 0 Å². The van der Waals surface area contributed by atoms with Gasteiger partial charge in [0.1, 0.15) is 0 Å². The molecule has 108 valence electrons. The van der Waals surface area contributed by atoms with E-state index in [9.17, 15) is 0 Å². The molecule has 19 heavy (non-hydrogen) atoms. The maximum Gasteiger partial charge on any atom is 0.0140 e. The molecule has 0 heterocycles. The zero-order chi connectivity index (χ0) is 13.9. The average Bonchev–Trinajstić information content (AvgIpc) is 2.52. The summed E-state index contributed by atoms with van der Waals surface area (Å²) in [6.07, 6.45) is 4.61. The predicted molar refractivity (Wildman–Crippen MR) is 87.2 cm³/mol. The number of allylic oxidation sites excluding steroid dienone is 5. The Hall–Kier alpha value is -0.780. The van der Waals surface area contributed by atoms with Gasteiger partial charge < -0.3 is 0 Å². The van der Waals surface area contributed by atoms with Crippen LogP contribution in [-0.4, -0.2) is 0 Å². The van der Waals surface area contributed by atoms with Gasteiger partial charge in [-0.1, -0.05) is 64.5 Å². The van der Waals surface area contributed by atoms with Crippen LogP contribution in [0.2, 0.25) is 0 Å². The quantitative estimate of drug-likeness (QED) is 0.485. The molecule has 0 amide bonds. The van der Waals surface area contributed by atoms with Crippen LogP contribution in [0.15, 0.2) is 34.9 Å². The summed E-state index contributed by atoms with van der Waals surface area (Å²) < 4.78 is 0. The van der Waals surface area contributed by atoms with Gasteiger partial charge in [-0.15, -0.1) is 0 Å². The van der Waals surface area contributed by atoms with E-state index in [1.54, 1.807) is 16.7 Å². The highest BCUT2D eigenvalue weighted by atomic mass is 14.6. The van der Waals surface area contributed by atoms with Crippen molar-refractivity contribution in [1.29, 1.82) is 0 Å². The third-order valence-electron chi connectivity index (χ3n) is 5.84. The molecule has 0 aromatic heterocycles. The predicted octanol–water partition coefficient (Wildman–Crippen LogP) is 6.31. The smallest absolute Gasteiger partial charge is 0.0140 e. The fraction of sp³-hybridized carbons (Fsp3) is 0.684. The van der Waals surface area contributed by atoms with Crippen LogP contribution in [-0.2, 0) is 0 Å². The summed E-state index contributed by atoms with van der Waals surface area (Å²) in [7, 11) is 0.